The van der Waals surface area contributed by atoms with Crippen molar-refractivity contribution < 1.29 is 0 Å². The molecule has 1 N–H and O–H groups in total. The second-order valence-corrected chi connectivity index (χ2v) is 6.83. The summed E-state index contributed by atoms with van der Waals surface area (Å²) in [6, 6.07) is 16.9. The summed E-state index contributed by atoms with van der Waals surface area (Å²) >= 11 is 3.46. The number of nitrogens with zero attached hydrogens (tertiary/aromatic N) is 1. The SMILES string of the molecule is Cc1cccc2sc(Nc3cc4ccccc4s3)nc12. The van der Waals surface area contributed by atoms with E-state index in [0.29, 0.717) is 0 Å². The van der Waals surface area contributed by atoms with Crippen molar-refractivity contribution in [3.8, 4) is 0 Å². The zero-order valence-corrected chi connectivity index (χ0v) is 12.5. The van der Waals surface area contributed by atoms with Crippen LogP contribution in [0.4, 0.5) is 10.1 Å². The molecule has 98 valence electrons. The molecule has 0 fully saturated rings. The Morgan fingerprint density at radius 2 is 1.80 bits per heavy atom. The van der Waals surface area contributed by atoms with E-state index in [2.05, 4.69) is 60.8 Å². The molecule has 0 aliphatic carbocycles. The highest BCUT2D eigenvalue weighted by Crippen LogP contribution is 2.34. The second kappa shape index (κ2) is 4.58. The molecule has 0 amide bonds. The van der Waals surface area contributed by atoms with Crippen molar-refractivity contribution in [2.24, 2.45) is 0 Å². The summed E-state index contributed by atoms with van der Waals surface area (Å²) in [5.74, 6) is 0. The number of para-hydroxylation sites is 1. The minimum atomic E-state index is 0.959. The van der Waals surface area contributed by atoms with E-state index in [9.17, 15) is 0 Å². The van der Waals surface area contributed by atoms with Crippen LogP contribution in [-0.2, 0) is 0 Å². The van der Waals surface area contributed by atoms with Gasteiger partial charge in [0.2, 0.25) is 0 Å². The van der Waals surface area contributed by atoms with Gasteiger partial charge in [-0.1, -0.05) is 41.7 Å². The van der Waals surface area contributed by atoms with E-state index >= 15 is 0 Å². The number of aryl methyl sites for hydroxylation is 1. The zero-order chi connectivity index (χ0) is 13.5. The fraction of sp³-hybridized carbons (Fsp3) is 0.0625. The van der Waals surface area contributed by atoms with E-state index in [1.807, 2.05) is 0 Å². The van der Waals surface area contributed by atoms with Gasteiger partial charge in [0.25, 0.3) is 0 Å². The van der Waals surface area contributed by atoms with Crippen LogP contribution >= 0.6 is 22.7 Å². The van der Waals surface area contributed by atoms with E-state index in [-0.39, 0.29) is 0 Å². The van der Waals surface area contributed by atoms with Gasteiger partial charge in [0, 0.05) is 4.70 Å². The van der Waals surface area contributed by atoms with Gasteiger partial charge in [-0.15, -0.1) is 11.3 Å². The molecule has 2 aromatic carbocycles. The van der Waals surface area contributed by atoms with Crippen LogP contribution in [0, 0.1) is 6.92 Å². The smallest absolute Gasteiger partial charge is 0.188 e. The lowest BCUT2D eigenvalue weighted by Crippen LogP contribution is -1.84. The van der Waals surface area contributed by atoms with E-state index in [0.717, 1.165) is 15.6 Å². The molecule has 2 heterocycles. The molecule has 0 atom stereocenters. The average Bonchev–Trinajstić information content (AvgIpc) is 3.02. The Morgan fingerprint density at radius 1 is 0.950 bits per heavy atom. The van der Waals surface area contributed by atoms with Crippen LogP contribution in [0.15, 0.2) is 48.5 Å². The van der Waals surface area contributed by atoms with E-state index in [1.165, 1.54) is 20.3 Å². The molecule has 0 radical (unpaired) electrons. The first-order valence-electron chi connectivity index (χ1n) is 6.41. The fourth-order valence-corrected chi connectivity index (χ4v) is 4.27. The standard InChI is InChI=1S/C16H12N2S2/c1-10-5-4-8-13-15(10)18-16(20-13)17-14-9-11-6-2-3-7-12(11)19-14/h2-9H,1H3,(H,17,18). The predicted molar refractivity (Wildman–Crippen MR) is 89.5 cm³/mol. The first kappa shape index (κ1) is 11.9. The highest BCUT2D eigenvalue weighted by Gasteiger charge is 2.07. The number of thiophene rings is 1. The molecule has 0 aliphatic heterocycles. The van der Waals surface area contributed by atoms with Crippen molar-refractivity contribution in [3.63, 3.8) is 0 Å². The van der Waals surface area contributed by atoms with Crippen molar-refractivity contribution in [2.45, 2.75) is 6.92 Å². The Kier molecular flexibility index (Phi) is 2.72. The number of thiazole rings is 1. The predicted octanol–water partition coefficient (Wildman–Crippen LogP) is 5.56. The number of benzene rings is 2. The third-order valence-corrected chi connectivity index (χ3v) is 5.24. The molecule has 4 heteroatoms. The van der Waals surface area contributed by atoms with Gasteiger partial charge in [0.05, 0.1) is 15.2 Å². The lowest BCUT2D eigenvalue weighted by Gasteiger charge is -1.95. The molecule has 0 saturated carbocycles. The summed E-state index contributed by atoms with van der Waals surface area (Å²) in [5.41, 5.74) is 2.32. The number of hydrogen-bond acceptors (Lipinski definition) is 4. The normalized spacial score (nSPS) is 11.2. The molecular formula is C16H12N2S2. The number of anilines is 2. The van der Waals surface area contributed by atoms with Gasteiger partial charge in [0.1, 0.15) is 0 Å². The van der Waals surface area contributed by atoms with Crippen molar-refractivity contribution in [1.29, 1.82) is 0 Å². The molecule has 0 saturated heterocycles. The summed E-state index contributed by atoms with van der Waals surface area (Å²) < 4.78 is 2.53. The summed E-state index contributed by atoms with van der Waals surface area (Å²) in [7, 11) is 0. The average molecular weight is 296 g/mol. The largest absolute Gasteiger partial charge is 0.323 e. The molecular weight excluding hydrogens is 284 g/mol. The maximum absolute atomic E-state index is 4.69. The lowest BCUT2D eigenvalue weighted by molar-refractivity contribution is 1.41. The Morgan fingerprint density at radius 3 is 2.65 bits per heavy atom. The fourth-order valence-electron chi connectivity index (χ4n) is 2.29. The van der Waals surface area contributed by atoms with E-state index in [4.69, 9.17) is 4.98 Å². The lowest BCUT2D eigenvalue weighted by atomic mass is 10.2. The van der Waals surface area contributed by atoms with Crippen LogP contribution in [0.25, 0.3) is 20.3 Å². The summed E-state index contributed by atoms with van der Waals surface area (Å²) in [6.45, 7) is 2.10. The van der Waals surface area contributed by atoms with Gasteiger partial charge >= 0.3 is 0 Å². The molecule has 0 aliphatic rings. The molecule has 4 aromatic rings. The van der Waals surface area contributed by atoms with Crippen LogP contribution < -0.4 is 5.32 Å². The molecule has 0 spiro atoms. The number of nitrogens with one attached hydrogen (secondary N) is 1. The van der Waals surface area contributed by atoms with E-state index in [1.54, 1.807) is 22.7 Å². The maximum Gasteiger partial charge on any atom is 0.188 e. The zero-order valence-electron chi connectivity index (χ0n) is 10.9. The van der Waals surface area contributed by atoms with Crippen LogP contribution in [0.1, 0.15) is 5.56 Å². The maximum atomic E-state index is 4.69. The van der Waals surface area contributed by atoms with Crippen molar-refractivity contribution in [2.75, 3.05) is 5.32 Å². The molecule has 20 heavy (non-hydrogen) atoms. The first-order valence-corrected chi connectivity index (χ1v) is 8.05. The van der Waals surface area contributed by atoms with Crippen LogP contribution in [0.2, 0.25) is 0 Å². The Labute approximate surface area is 124 Å². The van der Waals surface area contributed by atoms with Crippen molar-refractivity contribution in [1.82, 2.24) is 4.98 Å². The summed E-state index contributed by atoms with van der Waals surface area (Å²) in [6.07, 6.45) is 0. The number of rotatable bonds is 2. The van der Waals surface area contributed by atoms with E-state index < -0.39 is 0 Å². The molecule has 0 bridgehead atoms. The molecule has 2 aromatic heterocycles. The van der Waals surface area contributed by atoms with Gasteiger partial charge in [-0.3, -0.25) is 0 Å². The van der Waals surface area contributed by atoms with Crippen LogP contribution in [0.3, 0.4) is 0 Å². The molecule has 0 unspecified atom stereocenters. The van der Waals surface area contributed by atoms with Gasteiger partial charge < -0.3 is 5.32 Å². The minimum absolute atomic E-state index is 0.959. The third-order valence-electron chi connectivity index (χ3n) is 3.28. The van der Waals surface area contributed by atoms with Gasteiger partial charge in [-0.2, -0.15) is 0 Å². The summed E-state index contributed by atoms with van der Waals surface area (Å²) in [4.78, 5) is 4.69. The van der Waals surface area contributed by atoms with Gasteiger partial charge in [0.15, 0.2) is 5.13 Å². The summed E-state index contributed by atoms with van der Waals surface area (Å²) in [5, 5.41) is 6.81. The monoisotopic (exact) mass is 296 g/mol. The Bertz CT molecular complexity index is 872. The topological polar surface area (TPSA) is 24.9 Å². The Hall–Kier alpha value is -1.91. The quantitative estimate of drug-likeness (QED) is 0.523. The molecule has 4 rings (SSSR count). The van der Waals surface area contributed by atoms with Gasteiger partial charge in [-0.05, 0) is 36.1 Å². The first-order chi connectivity index (χ1) is 9.79. The third kappa shape index (κ3) is 1.97. The van der Waals surface area contributed by atoms with Crippen LogP contribution in [0.5, 0.6) is 0 Å². The van der Waals surface area contributed by atoms with Crippen molar-refractivity contribution in [3.05, 3.63) is 54.1 Å². The number of hydrogen-bond donors (Lipinski definition) is 1. The highest BCUT2D eigenvalue weighted by molar-refractivity contribution is 7.24. The minimum Gasteiger partial charge on any atom is -0.323 e. The number of fused-ring (bicyclic) bond motifs is 2. The number of aromatic nitrogens is 1. The Balaban J connectivity index is 1.74. The second-order valence-electron chi connectivity index (χ2n) is 4.71. The van der Waals surface area contributed by atoms with Gasteiger partial charge in [-0.25, -0.2) is 4.98 Å². The van der Waals surface area contributed by atoms with Crippen LogP contribution in [-0.4, -0.2) is 4.98 Å². The highest BCUT2D eigenvalue weighted by atomic mass is 32.1. The molecule has 2 nitrogen and oxygen atoms in total. The van der Waals surface area contributed by atoms with Crippen molar-refractivity contribution >= 4 is 53.1 Å².